The van der Waals surface area contributed by atoms with E-state index in [2.05, 4.69) is 41.9 Å². The first kappa shape index (κ1) is 16.4. The third-order valence-electron chi connectivity index (χ3n) is 6.26. The van der Waals surface area contributed by atoms with E-state index >= 15 is 0 Å². The Morgan fingerprint density at radius 3 is 2.93 bits per heavy atom. The van der Waals surface area contributed by atoms with Gasteiger partial charge in [-0.3, -0.25) is 10.1 Å². The van der Waals surface area contributed by atoms with Gasteiger partial charge < -0.3 is 9.88 Å². The standard InChI is InChI=1S/C22H23N3O2/c1-13-10-17-21-14(2)4-3-5-18(21)23-22(17)20(11-13)24-9-8-15-12-16(25(26)27)6-7-19(15)24/h3-7,12-13,20,23H,8-11H2,1-2H3. The summed E-state index contributed by atoms with van der Waals surface area (Å²) in [5.41, 5.74) is 7.79. The van der Waals surface area contributed by atoms with Crippen molar-refractivity contribution in [2.45, 2.75) is 39.2 Å². The molecule has 2 aromatic carbocycles. The minimum atomic E-state index is -0.301. The van der Waals surface area contributed by atoms with Gasteiger partial charge in [-0.2, -0.15) is 0 Å². The van der Waals surface area contributed by atoms with Gasteiger partial charge in [0, 0.05) is 41.0 Å². The second-order valence-corrected chi connectivity index (χ2v) is 8.09. The number of hydrogen-bond donors (Lipinski definition) is 1. The zero-order valence-corrected chi connectivity index (χ0v) is 15.7. The number of anilines is 1. The zero-order chi connectivity index (χ0) is 18.7. The third kappa shape index (κ3) is 2.45. The molecule has 1 aromatic heterocycles. The van der Waals surface area contributed by atoms with Crippen molar-refractivity contribution in [3.05, 3.63) is 68.9 Å². The van der Waals surface area contributed by atoms with Crippen LogP contribution in [0.25, 0.3) is 10.9 Å². The SMILES string of the molecule is Cc1cccc2[nH]c3c(c12)CC(C)CC3N1CCc2cc([N+](=O)[O-])ccc21. The summed E-state index contributed by atoms with van der Waals surface area (Å²) < 4.78 is 0. The molecule has 5 nitrogen and oxygen atoms in total. The molecule has 1 N–H and O–H groups in total. The molecule has 138 valence electrons. The highest BCUT2D eigenvalue weighted by molar-refractivity contribution is 5.88. The number of nitrogens with zero attached hydrogens (tertiary/aromatic N) is 2. The van der Waals surface area contributed by atoms with E-state index in [-0.39, 0.29) is 10.6 Å². The molecular formula is C22H23N3O2. The molecule has 0 saturated carbocycles. The monoisotopic (exact) mass is 361 g/mol. The Bertz CT molecular complexity index is 1070. The summed E-state index contributed by atoms with van der Waals surface area (Å²) in [5.74, 6) is 0.614. The van der Waals surface area contributed by atoms with E-state index in [0.717, 1.165) is 37.1 Å². The average Bonchev–Trinajstić information content (AvgIpc) is 3.22. The van der Waals surface area contributed by atoms with E-state index in [9.17, 15) is 10.1 Å². The molecule has 0 fully saturated rings. The first-order valence-electron chi connectivity index (χ1n) is 9.67. The highest BCUT2D eigenvalue weighted by Gasteiger charge is 2.35. The lowest BCUT2D eigenvalue weighted by molar-refractivity contribution is -0.384. The number of nitro benzene ring substituents is 1. The summed E-state index contributed by atoms with van der Waals surface area (Å²) in [6, 6.07) is 12.1. The van der Waals surface area contributed by atoms with Crippen LogP contribution < -0.4 is 4.90 Å². The van der Waals surface area contributed by atoms with Crippen molar-refractivity contribution in [3.8, 4) is 0 Å². The van der Waals surface area contributed by atoms with Crippen molar-refractivity contribution in [1.82, 2.24) is 4.98 Å². The van der Waals surface area contributed by atoms with Gasteiger partial charge in [0.2, 0.25) is 0 Å². The third-order valence-corrected chi connectivity index (χ3v) is 6.26. The maximum atomic E-state index is 11.1. The molecule has 3 aromatic rings. The molecule has 2 unspecified atom stereocenters. The predicted molar refractivity (Wildman–Crippen MR) is 107 cm³/mol. The van der Waals surface area contributed by atoms with E-state index in [0.29, 0.717) is 12.0 Å². The van der Waals surface area contributed by atoms with Crippen molar-refractivity contribution < 1.29 is 4.92 Å². The number of non-ortho nitro benzene ring substituents is 1. The molecule has 1 aliphatic carbocycles. The molecule has 0 bridgehead atoms. The van der Waals surface area contributed by atoms with Gasteiger partial charge in [0.25, 0.3) is 5.69 Å². The Morgan fingerprint density at radius 1 is 1.26 bits per heavy atom. The Hall–Kier alpha value is -2.82. The molecule has 5 rings (SSSR count). The molecule has 0 spiro atoms. The van der Waals surface area contributed by atoms with Crippen molar-refractivity contribution in [3.63, 3.8) is 0 Å². The summed E-state index contributed by atoms with van der Waals surface area (Å²) >= 11 is 0. The van der Waals surface area contributed by atoms with Crippen LogP contribution in [0.15, 0.2) is 36.4 Å². The van der Waals surface area contributed by atoms with Gasteiger partial charge in [0.05, 0.1) is 11.0 Å². The van der Waals surface area contributed by atoms with Crippen LogP contribution in [0, 0.1) is 23.0 Å². The predicted octanol–water partition coefficient (Wildman–Crippen LogP) is 5.07. The summed E-state index contributed by atoms with van der Waals surface area (Å²) in [5, 5.41) is 12.5. The van der Waals surface area contributed by atoms with Crippen molar-refractivity contribution in [1.29, 1.82) is 0 Å². The number of aromatic amines is 1. The van der Waals surface area contributed by atoms with Gasteiger partial charge in [0.15, 0.2) is 0 Å². The molecule has 0 saturated heterocycles. The highest BCUT2D eigenvalue weighted by Crippen LogP contribution is 2.45. The summed E-state index contributed by atoms with van der Waals surface area (Å²) in [6.45, 7) is 5.44. The van der Waals surface area contributed by atoms with Crippen LogP contribution in [0.5, 0.6) is 0 Å². The minimum absolute atomic E-state index is 0.189. The Labute approximate surface area is 158 Å². The van der Waals surface area contributed by atoms with Crippen molar-refractivity contribution in [2.75, 3.05) is 11.4 Å². The maximum Gasteiger partial charge on any atom is 0.269 e. The number of H-pyrrole nitrogens is 1. The normalized spacial score (nSPS) is 21.3. The lowest BCUT2D eigenvalue weighted by Gasteiger charge is -2.36. The highest BCUT2D eigenvalue weighted by atomic mass is 16.6. The summed E-state index contributed by atoms with van der Waals surface area (Å²) in [4.78, 5) is 17.0. The fourth-order valence-corrected chi connectivity index (χ4v) is 5.09. The molecular weight excluding hydrogens is 338 g/mol. The first-order valence-corrected chi connectivity index (χ1v) is 9.67. The number of rotatable bonds is 2. The molecule has 0 amide bonds. The van der Waals surface area contributed by atoms with Crippen molar-refractivity contribution in [2.24, 2.45) is 5.92 Å². The van der Waals surface area contributed by atoms with E-state index in [1.807, 2.05) is 6.07 Å². The van der Waals surface area contributed by atoms with Crippen LogP contribution in [-0.4, -0.2) is 16.5 Å². The first-order chi connectivity index (χ1) is 13.0. The number of nitrogens with one attached hydrogen (secondary N) is 1. The average molecular weight is 361 g/mol. The van der Waals surface area contributed by atoms with Crippen molar-refractivity contribution >= 4 is 22.3 Å². The topological polar surface area (TPSA) is 62.2 Å². The molecule has 27 heavy (non-hydrogen) atoms. The number of aromatic nitrogens is 1. The summed E-state index contributed by atoms with van der Waals surface area (Å²) in [7, 11) is 0. The molecule has 0 radical (unpaired) electrons. The molecule has 2 heterocycles. The minimum Gasteiger partial charge on any atom is -0.362 e. The van der Waals surface area contributed by atoms with Gasteiger partial charge in [-0.15, -0.1) is 0 Å². The lowest BCUT2D eigenvalue weighted by atomic mass is 9.83. The van der Waals surface area contributed by atoms with Gasteiger partial charge in [0.1, 0.15) is 0 Å². The molecule has 1 aliphatic heterocycles. The van der Waals surface area contributed by atoms with E-state index in [4.69, 9.17) is 0 Å². The summed E-state index contributed by atoms with van der Waals surface area (Å²) in [6.07, 6.45) is 3.09. The number of nitro groups is 1. The van der Waals surface area contributed by atoms with Gasteiger partial charge in [-0.05, 0) is 60.9 Å². The second-order valence-electron chi connectivity index (χ2n) is 8.09. The fourth-order valence-electron chi connectivity index (χ4n) is 5.09. The van der Waals surface area contributed by atoms with Gasteiger partial charge in [-0.25, -0.2) is 0 Å². The van der Waals surface area contributed by atoms with Crippen LogP contribution in [0.1, 0.15) is 41.8 Å². The molecule has 2 aliphatic rings. The van der Waals surface area contributed by atoms with Gasteiger partial charge in [-0.1, -0.05) is 19.1 Å². The van der Waals surface area contributed by atoms with Crippen LogP contribution in [0.2, 0.25) is 0 Å². The second kappa shape index (κ2) is 5.84. The van der Waals surface area contributed by atoms with E-state index in [1.165, 1.54) is 27.7 Å². The smallest absolute Gasteiger partial charge is 0.269 e. The number of aryl methyl sites for hydroxylation is 1. The molecule has 5 heteroatoms. The largest absolute Gasteiger partial charge is 0.362 e. The zero-order valence-electron chi connectivity index (χ0n) is 15.7. The van der Waals surface area contributed by atoms with Crippen LogP contribution >= 0.6 is 0 Å². The van der Waals surface area contributed by atoms with Crippen LogP contribution in [0.3, 0.4) is 0 Å². The van der Waals surface area contributed by atoms with E-state index < -0.39 is 0 Å². The lowest BCUT2D eigenvalue weighted by Crippen LogP contribution is -2.32. The number of fused-ring (bicyclic) bond motifs is 4. The molecule has 2 atom stereocenters. The quantitative estimate of drug-likeness (QED) is 0.512. The van der Waals surface area contributed by atoms with Crippen LogP contribution in [-0.2, 0) is 12.8 Å². The number of hydrogen-bond acceptors (Lipinski definition) is 3. The Balaban J connectivity index is 1.62. The maximum absolute atomic E-state index is 11.1. The van der Waals surface area contributed by atoms with Crippen LogP contribution in [0.4, 0.5) is 11.4 Å². The number of benzene rings is 2. The van der Waals surface area contributed by atoms with Gasteiger partial charge >= 0.3 is 0 Å². The fraction of sp³-hybridized carbons (Fsp3) is 0.364. The Morgan fingerprint density at radius 2 is 2.11 bits per heavy atom. The Kier molecular flexibility index (Phi) is 3.54. The van der Waals surface area contributed by atoms with E-state index in [1.54, 1.807) is 12.1 Å².